The molecule has 1 heterocycles. The highest BCUT2D eigenvalue weighted by Crippen LogP contribution is 2.16. The zero-order valence-corrected chi connectivity index (χ0v) is 12.1. The highest BCUT2D eigenvalue weighted by atomic mass is 16.5. The van der Waals surface area contributed by atoms with Gasteiger partial charge in [0.1, 0.15) is 17.4 Å². The summed E-state index contributed by atoms with van der Waals surface area (Å²) < 4.78 is 5.34. The Hall–Kier alpha value is -2.48. The molecule has 1 aliphatic heterocycles. The molecule has 1 aromatic rings. The third kappa shape index (κ3) is 4.25. The van der Waals surface area contributed by atoms with E-state index in [0.29, 0.717) is 12.3 Å². The number of rotatable bonds is 5. The molecule has 110 valence electrons. The summed E-state index contributed by atoms with van der Waals surface area (Å²) in [7, 11) is 0. The minimum atomic E-state index is -0.381. The molecule has 0 bridgehead atoms. The van der Waals surface area contributed by atoms with Crippen LogP contribution in [0.25, 0.3) is 0 Å². The molecule has 1 aromatic carbocycles. The first-order valence-corrected chi connectivity index (χ1v) is 7.13. The Morgan fingerprint density at radius 2 is 2.05 bits per heavy atom. The second-order valence-electron chi connectivity index (χ2n) is 4.81. The van der Waals surface area contributed by atoms with E-state index in [2.05, 4.69) is 5.32 Å². The molecule has 2 rings (SSSR count). The average molecular weight is 285 g/mol. The number of amides is 1. The summed E-state index contributed by atoms with van der Waals surface area (Å²) in [4.78, 5) is 14.1. The third-order valence-electron chi connectivity index (χ3n) is 3.24. The molecule has 0 radical (unpaired) electrons. The van der Waals surface area contributed by atoms with Crippen LogP contribution in [0, 0.1) is 11.3 Å². The Kier molecular flexibility index (Phi) is 5.22. The summed E-state index contributed by atoms with van der Waals surface area (Å²) in [6, 6.07) is 9.05. The number of nitrogens with one attached hydrogen (secondary N) is 1. The van der Waals surface area contributed by atoms with Crippen molar-refractivity contribution in [2.24, 2.45) is 0 Å². The number of benzene rings is 1. The van der Waals surface area contributed by atoms with Gasteiger partial charge in [-0.1, -0.05) is 0 Å². The maximum atomic E-state index is 12.1. The van der Waals surface area contributed by atoms with Crippen molar-refractivity contribution < 1.29 is 9.53 Å². The Morgan fingerprint density at radius 1 is 1.38 bits per heavy atom. The van der Waals surface area contributed by atoms with E-state index in [0.717, 1.165) is 31.7 Å². The molecule has 0 unspecified atom stereocenters. The first-order valence-electron chi connectivity index (χ1n) is 7.13. The maximum absolute atomic E-state index is 12.1. The largest absolute Gasteiger partial charge is 0.494 e. The van der Waals surface area contributed by atoms with E-state index in [1.54, 1.807) is 30.5 Å². The number of ether oxygens (including phenoxy) is 1. The van der Waals surface area contributed by atoms with Crippen LogP contribution in [0.3, 0.4) is 0 Å². The van der Waals surface area contributed by atoms with Crippen LogP contribution in [0.15, 0.2) is 36.0 Å². The molecule has 1 fully saturated rings. The predicted octanol–water partition coefficient (Wildman–Crippen LogP) is 2.53. The molecule has 1 aliphatic rings. The van der Waals surface area contributed by atoms with Gasteiger partial charge in [-0.05, 0) is 44.0 Å². The van der Waals surface area contributed by atoms with Crippen molar-refractivity contribution in [3.63, 3.8) is 0 Å². The molecule has 5 heteroatoms. The highest BCUT2D eigenvalue weighted by molar-refractivity contribution is 6.06. The molecular formula is C16H19N3O2. The molecule has 5 nitrogen and oxygen atoms in total. The standard InChI is InChI=1S/C16H19N3O2/c1-2-21-15-7-5-14(6-8-15)18-16(20)13(11-17)12-19-9-3-4-10-19/h5-8,12H,2-4,9-10H2,1H3,(H,18,20)/b13-12-. The quantitative estimate of drug-likeness (QED) is 0.667. The van der Waals surface area contributed by atoms with Crippen LogP contribution in [-0.2, 0) is 4.79 Å². The Bertz CT molecular complexity index is 552. The van der Waals surface area contributed by atoms with Gasteiger partial charge < -0.3 is 15.0 Å². The lowest BCUT2D eigenvalue weighted by Crippen LogP contribution is -2.18. The fourth-order valence-electron chi connectivity index (χ4n) is 2.19. The van der Waals surface area contributed by atoms with Crippen LogP contribution >= 0.6 is 0 Å². The van der Waals surface area contributed by atoms with Crippen molar-refractivity contribution >= 4 is 11.6 Å². The minimum Gasteiger partial charge on any atom is -0.494 e. The van der Waals surface area contributed by atoms with Gasteiger partial charge in [0.2, 0.25) is 0 Å². The first kappa shape index (κ1) is 14.9. The van der Waals surface area contributed by atoms with Crippen molar-refractivity contribution in [3.8, 4) is 11.8 Å². The number of likely N-dealkylation sites (tertiary alicyclic amines) is 1. The van der Waals surface area contributed by atoms with E-state index in [-0.39, 0.29) is 11.5 Å². The average Bonchev–Trinajstić information content (AvgIpc) is 3.00. The molecule has 0 atom stereocenters. The molecule has 0 saturated carbocycles. The number of carbonyl (C=O) groups excluding carboxylic acids is 1. The lowest BCUT2D eigenvalue weighted by molar-refractivity contribution is -0.112. The van der Waals surface area contributed by atoms with Gasteiger partial charge in [0.05, 0.1) is 6.61 Å². The van der Waals surface area contributed by atoms with Crippen LogP contribution in [0.2, 0.25) is 0 Å². The van der Waals surface area contributed by atoms with Crippen molar-refractivity contribution in [3.05, 3.63) is 36.0 Å². The third-order valence-corrected chi connectivity index (χ3v) is 3.24. The molecular weight excluding hydrogens is 266 g/mol. The molecule has 1 N–H and O–H groups in total. The number of hydrogen-bond donors (Lipinski definition) is 1. The number of carbonyl (C=O) groups is 1. The molecule has 0 aliphatic carbocycles. The van der Waals surface area contributed by atoms with Gasteiger partial charge in [-0.25, -0.2) is 0 Å². The summed E-state index contributed by atoms with van der Waals surface area (Å²) in [5.41, 5.74) is 0.775. The predicted molar refractivity (Wildman–Crippen MR) is 80.7 cm³/mol. The van der Waals surface area contributed by atoms with Gasteiger partial charge in [0, 0.05) is 25.0 Å². The lowest BCUT2D eigenvalue weighted by atomic mass is 10.2. The van der Waals surface area contributed by atoms with E-state index in [4.69, 9.17) is 10.00 Å². The first-order chi connectivity index (χ1) is 10.2. The second kappa shape index (κ2) is 7.34. The highest BCUT2D eigenvalue weighted by Gasteiger charge is 2.14. The van der Waals surface area contributed by atoms with Crippen LogP contribution in [0.4, 0.5) is 5.69 Å². The Morgan fingerprint density at radius 3 is 2.62 bits per heavy atom. The van der Waals surface area contributed by atoms with Gasteiger partial charge in [0.15, 0.2) is 0 Å². The Balaban J connectivity index is 2.00. The van der Waals surface area contributed by atoms with Crippen LogP contribution < -0.4 is 10.1 Å². The molecule has 1 saturated heterocycles. The molecule has 1 amide bonds. The zero-order chi connectivity index (χ0) is 15.1. The second-order valence-corrected chi connectivity index (χ2v) is 4.81. The Labute approximate surface area is 124 Å². The van der Waals surface area contributed by atoms with Gasteiger partial charge in [-0.3, -0.25) is 4.79 Å². The van der Waals surface area contributed by atoms with Crippen molar-refractivity contribution in [2.75, 3.05) is 25.0 Å². The van der Waals surface area contributed by atoms with Gasteiger partial charge in [-0.15, -0.1) is 0 Å². The summed E-state index contributed by atoms with van der Waals surface area (Å²) >= 11 is 0. The van der Waals surface area contributed by atoms with E-state index in [9.17, 15) is 4.79 Å². The van der Waals surface area contributed by atoms with Crippen LogP contribution in [-0.4, -0.2) is 30.5 Å². The lowest BCUT2D eigenvalue weighted by Gasteiger charge is -2.12. The monoisotopic (exact) mass is 285 g/mol. The summed E-state index contributed by atoms with van der Waals surface area (Å²) in [5, 5.41) is 11.8. The number of anilines is 1. The molecule has 0 aromatic heterocycles. The normalized spacial score (nSPS) is 14.7. The van der Waals surface area contributed by atoms with Crippen LogP contribution in [0.5, 0.6) is 5.75 Å². The number of nitrogens with zero attached hydrogens (tertiary/aromatic N) is 2. The van der Waals surface area contributed by atoms with E-state index < -0.39 is 0 Å². The fourth-order valence-corrected chi connectivity index (χ4v) is 2.19. The SMILES string of the molecule is CCOc1ccc(NC(=O)/C(C#N)=C\N2CCCC2)cc1. The van der Waals surface area contributed by atoms with E-state index in [1.807, 2.05) is 17.9 Å². The number of nitriles is 1. The number of hydrogen-bond acceptors (Lipinski definition) is 4. The van der Waals surface area contributed by atoms with Gasteiger partial charge >= 0.3 is 0 Å². The fraction of sp³-hybridized carbons (Fsp3) is 0.375. The summed E-state index contributed by atoms with van der Waals surface area (Å²) in [5.74, 6) is 0.372. The summed E-state index contributed by atoms with van der Waals surface area (Å²) in [6.45, 7) is 4.32. The van der Waals surface area contributed by atoms with Crippen molar-refractivity contribution in [1.82, 2.24) is 4.90 Å². The molecule has 21 heavy (non-hydrogen) atoms. The van der Waals surface area contributed by atoms with Crippen molar-refractivity contribution in [2.45, 2.75) is 19.8 Å². The summed E-state index contributed by atoms with van der Waals surface area (Å²) in [6.07, 6.45) is 3.86. The topological polar surface area (TPSA) is 65.4 Å². The molecule has 0 spiro atoms. The smallest absolute Gasteiger partial charge is 0.267 e. The zero-order valence-electron chi connectivity index (χ0n) is 12.1. The van der Waals surface area contributed by atoms with Crippen molar-refractivity contribution in [1.29, 1.82) is 5.26 Å². The van der Waals surface area contributed by atoms with Gasteiger partial charge in [0.25, 0.3) is 5.91 Å². The van der Waals surface area contributed by atoms with Gasteiger partial charge in [-0.2, -0.15) is 5.26 Å². The minimum absolute atomic E-state index is 0.130. The van der Waals surface area contributed by atoms with E-state index >= 15 is 0 Å². The van der Waals surface area contributed by atoms with E-state index in [1.165, 1.54) is 0 Å². The maximum Gasteiger partial charge on any atom is 0.267 e. The van der Waals surface area contributed by atoms with Crippen LogP contribution in [0.1, 0.15) is 19.8 Å².